The molecule has 0 spiro atoms. The van der Waals surface area contributed by atoms with E-state index in [1.807, 2.05) is 12.1 Å². The maximum Gasteiger partial charge on any atom is 0.178 e. The summed E-state index contributed by atoms with van der Waals surface area (Å²) in [7, 11) is -3.28. The number of aromatic amines is 1. The smallest absolute Gasteiger partial charge is 0.178 e. The third kappa shape index (κ3) is 4.30. The molecular weight excluding hydrogens is 452 g/mol. The van der Waals surface area contributed by atoms with Crippen molar-refractivity contribution in [2.45, 2.75) is 56.5 Å². The molecule has 1 aromatic heterocycles. The number of ether oxygens (including phenoxy) is 1. The second kappa shape index (κ2) is 9.03. The summed E-state index contributed by atoms with van der Waals surface area (Å²) >= 11 is 0. The minimum Gasteiger partial charge on any atom is -0.455 e. The van der Waals surface area contributed by atoms with Gasteiger partial charge < -0.3 is 19.9 Å². The number of sulfone groups is 1. The molecule has 3 aromatic rings. The van der Waals surface area contributed by atoms with Gasteiger partial charge in [0.1, 0.15) is 11.6 Å². The summed E-state index contributed by atoms with van der Waals surface area (Å²) in [5, 5.41) is 3.47. The van der Waals surface area contributed by atoms with Gasteiger partial charge in [-0.2, -0.15) is 0 Å². The quantitative estimate of drug-likeness (QED) is 0.522. The van der Waals surface area contributed by atoms with Gasteiger partial charge in [0.2, 0.25) is 0 Å². The molecule has 8 nitrogen and oxygen atoms in total. The van der Waals surface area contributed by atoms with Crippen molar-refractivity contribution in [3.63, 3.8) is 0 Å². The molecule has 2 fully saturated rings. The van der Waals surface area contributed by atoms with E-state index in [4.69, 9.17) is 9.72 Å². The van der Waals surface area contributed by atoms with Crippen LogP contribution in [0.5, 0.6) is 11.5 Å². The number of nitrogens with one attached hydrogen (secondary N) is 2. The molecule has 0 radical (unpaired) electrons. The number of hydrogen-bond acceptors (Lipinski definition) is 7. The molecule has 180 valence electrons. The number of Topliss-reactive ketones (excluding diaryl/α,β-unsaturated/α-hetero) is 1. The molecule has 2 saturated heterocycles. The second-order valence-corrected chi connectivity index (χ2v) is 11.3. The highest BCUT2D eigenvalue weighted by Gasteiger charge is 2.31. The Morgan fingerprint density at radius 3 is 2.65 bits per heavy atom. The van der Waals surface area contributed by atoms with Gasteiger partial charge in [-0.25, -0.2) is 13.4 Å². The molecule has 2 aliphatic rings. The van der Waals surface area contributed by atoms with E-state index in [1.165, 1.54) is 0 Å². The number of benzene rings is 2. The second-order valence-electron chi connectivity index (χ2n) is 9.05. The number of aromatic nitrogens is 2. The minimum atomic E-state index is -3.28. The Balaban J connectivity index is 1.54. The van der Waals surface area contributed by atoms with Crippen molar-refractivity contribution in [3.05, 3.63) is 42.2 Å². The van der Waals surface area contributed by atoms with Crippen molar-refractivity contribution >= 4 is 32.3 Å². The number of H-pyrrole nitrogens is 1. The Kier molecular flexibility index (Phi) is 6.07. The van der Waals surface area contributed by atoms with Crippen molar-refractivity contribution in [1.29, 1.82) is 0 Å². The Labute approximate surface area is 199 Å². The highest BCUT2D eigenvalue weighted by Crippen LogP contribution is 2.40. The van der Waals surface area contributed by atoms with Gasteiger partial charge in [0.25, 0.3) is 0 Å². The number of carbonyl (C=O) groups is 1. The highest BCUT2D eigenvalue weighted by molar-refractivity contribution is 7.91. The Bertz CT molecular complexity index is 1310. The van der Waals surface area contributed by atoms with Gasteiger partial charge in [-0.15, -0.1) is 0 Å². The zero-order chi connectivity index (χ0) is 23.9. The zero-order valence-electron chi connectivity index (χ0n) is 19.5. The van der Waals surface area contributed by atoms with Crippen LogP contribution in [0.15, 0.2) is 41.3 Å². The molecule has 5 rings (SSSR count). The Morgan fingerprint density at radius 1 is 1.18 bits per heavy atom. The highest BCUT2D eigenvalue weighted by atomic mass is 32.2. The van der Waals surface area contributed by atoms with E-state index in [0.717, 1.165) is 61.3 Å². The first-order valence-corrected chi connectivity index (χ1v) is 13.6. The summed E-state index contributed by atoms with van der Waals surface area (Å²) in [6, 6.07) is 10.4. The van der Waals surface area contributed by atoms with Gasteiger partial charge in [0.15, 0.2) is 21.4 Å². The average molecular weight is 483 g/mol. The SMILES string of the molecule is CCS(=O)(=O)c1ccc(Oc2cc3nc(C4CCCN4)[nH]c3cc2N2CCC[C@@H]2C(C)=O)cc1. The molecule has 9 heteroatoms. The van der Waals surface area contributed by atoms with E-state index in [9.17, 15) is 13.2 Å². The lowest BCUT2D eigenvalue weighted by molar-refractivity contribution is -0.118. The van der Waals surface area contributed by atoms with Crippen LogP contribution in [0.25, 0.3) is 11.0 Å². The summed E-state index contributed by atoms with van der Waals surface area (Å²) in [4.78, 5) is 23.0. The van der Waals surface area contributed by atoms with E-state index in [-0.39, 0.29) is 28.5 Å². The van der Waals surface area contributed by atoms with Crippen LogP contribution in [0.2, 0.25) is 0 Å². The van der Waals surface area contributed by atoms with Crippen LogP contribution in [0.3, 0.4) is 0 Å². The molecule has 2 aliphatic heterocycles. The van der Waals surface area contributed by atoms with Crippen LogP contribution >= 0.6 is 0 Å². The van der Waals surface area contributed by atoms with Crippen molar-refractivity contribution in [3.8, 4) is 11.5 Å². The lowest BCUT2D eigenvalue weighted by Gasteiger charge is -2.27. The van der Waals surface area contributed by atoms with Crippen LogP contribution in [-0.2, 0) is 14.6 Å². The molecule has 3 heterocycles. The summed E-state index contributed by atoms with van der Waals surface area (Å²) in [5.41, 5.74) is 2.54. The van der Waals surface area contributed by atoms with Crippen LogP contribution in [0.4, 0.5) is 5.69 Å². The Hall–Kier alpha value is -2.91. The van der Waals surface area contributed by atoms with Gasteiger partial charge in [0, 0.05) is 12.6 Å². The molecule has 1 unspecified atom stereocenters. The molecule has 0 aliphatic carbocycles. The number of carbonyl (C=O) groups excluding carboxylic acids is 1. The predicted octanol–water partition coefficient (Wildman–Crippen LogP) is 4.13. The van der Waals surface area contributed by atoms with Crippen LogP contribution < -0.4 is 15.0 Å². The van der Waals surface area contributed by atoms with E-state index in [2.05, 4.69) is 15.2 Å². The molecule has 0 bridgehead atoms. The number of rotatable bonds is 7. The van der Waals surface area contributed by atoms with Gasteiger partial charge in [-0.3, -0.25) is 4.79 Å². The van der Waals surface area contributed by atoms with Gasteiger partial charge in [-0.1, -0.05) is 6.92 Å². The molecular formula is C25H30N4O4S. The van der Waals surface area contributed by atoms with Crippen molar-refractivity contribution in [1.82, 2.24) is 15.3 Å². The zero-order valence-corrected chi connectivity index (χ0v) is 20.3. The average Bonchev–Trinajstić information content (AvgIpc) is 3.59. The largest absolute Gasteiger partial charge is 0.455 e. The lowest BCUT2D eigenvalue weighted by Crippen LogP contribution is -2.34. The fourth-order valence-corrected chi connectivity index (χ4v) is 5.81. The van der Waals surface area contributed by atoms with Gasteiger partial charge in [0.05, 0.1) is 39.5 Å². The normalized spacial score (nSPS) is 20.8. The first-order chi connectivity index (χ1) is 16.4. The third-order valence-corrected chi connectivity index (χ3v) is 8.54. The molecule has 2 atom stereocenters. The molecule has 0 amide bonds. The maximum atomic E-state index is 12.3. The fraction of sp³-hybridized carbons (Fsp3) is 0.440. The van der Waals surface area contributed by atoms with E-state index < -0.39 is 9.84 Å². The summed E-state index contributed by atoms with van der Waals surface area (Å²) in [5.74, 6) is 2.23. The van der Waals surface area contributed by atoms with Crippen molar-refractivity contribution in [2.75, 3.05) is 23.7 Å². The van der Waals surface area contributed by atoms with Crippen LogP contribution in [0.1, 0.15) is 51.4 Å². The monoisotopic (exact) mass is 482 g/mol. The maximum absolute atomic E-state index is 12.3. The molecule has 2 aromatic carbocycles. The van der Waals surface area contributed by atoms with Crippen LogP contribution in [0, 0.1) is 0 Å². The third-order valence-electron chi connectivity index (χ3n) is 6.79. The van der Waals surface area contributed by atoms with Crippen molar-refractivity contribution < 1.29 is 17.9 Å². The summed E-state index contributed by atoms with van der Waals surface area (Å²) in [6.45, 7) is 5.01. The standard InChI is InChI=1S/C25H30N4O4S/c1-3-34(31,32)18-10-8-17(9-11-18)33-24-15-21-20(27-25(28-21)19-6-4-12-26-19)14-23(24)29-13-5-7-22(29)16(2)30/h8-11,14-15,19,22,26H,3-7,12-13H2,1-2H3,(H,27,28)/t19?,22-/m1/s1. The number of fused-ring (bicyclic) bond motifs is 1. The number of ketones is 1. The van der Waals surface area contributed by atoms with E-state index in [0.29, 0.717) is 11.5 Å². The lowest BCUT2D eigenvalue weighted by atomic mass is 10.1. The molecule has 0 saturated carbocycles. The first-order valence-electron chi connectivity index (χ1n) is 11.9. The minimum absolute atomic E-state index is 0.0484. The number of imidazole rings is 1. The predicted molar refractivity (Wildman–Crippen MR) is 131 cm³/mol. The summed E-state index contributed by atoms with van der Waals surface area (Å²) in [6.07, 6.45) is 3.92. The van der Waals surface area contributed by atoms with Gasteiger partial charge in [-0.05, 0) is 69.5 Å². The fourth-order valence-electron chi connectivity index (χ4n) is 4.92. The van der Waals surface area contributed by atoms with Crippen LogP contribution in [-0.4, -0.2) is 49.1 Å². The number of anilines is 1. The first kappa shape index (κ1) is 22.9. The molecule has 34 heavy (non-hydrogen) atoms. The number of nitrogens with zero attached hydrogens (tertiary/aromatic N) is 2. The van der Waals surface area contributed by atoms with Gasteiger partial charge >= 0.3 is 0 Å². The summed E-state index contributed by atoms with van der Waals surface area (Å²) < 4.78 is 30.6. The van der Waals surface area contributed by atoms with E-state index in [1.54, 1.807) is 38.1 Å². The number of hydrogen-bond donors (Lipinski definition) is 2. The van der Waals surface area contributed by atoms with Crippen molar-refractivity contribution in [2.24, 2.45) is 0 Å². The van der Waals surface area contributed by atoms with E-state index >= 15 is 0 Å². The molecule has 2 N–H and O–H groups in total. The Morgan fingerprint density at radius 2 is 1.97 bits per heavy atom. The topological polar surface area (TPSA) is 104 Å².